The van der Waals surface area contributed by atoms with Crippen molar-refractivity contribution in [2.75, 3.05) is 7.11 Å². The molecule has 3 heterocycles. The summed E-state index contributed by atoms with van der Waals surface area (Å²) in [5, 5.41) is 3.89. The van der Waals surface area contributed by atoms with Gasteiger partial charge in [0.1, 0.15) is 11.4 Å². The minimum Gasteiger partial charge on any atom is -0.497 e. The molecule has 0 amide bonds. The van der Waals surface area contributed by atoms with E-state index in [1.54, 1.807) is 7.11 Å². The van der Waals surface area contributed by atoms with Crippen LogP contribution in [0.4, 0.5) is 0 Å². The number of fused-ring (bicyclic) bond motifs is 1. The van der Waals surface area contributed by atoms with Gasteiger partial charge in [0.15, 0.2) is 5.82 Å². The average Bonchev–Trinajstić information content (AvgIpc) is 3.25. The summed E-state index contributed by atoms with van der Waals surface area (Å²) in [6, 6.07) is 12.0. The van der Waals surface area contributed by atoms with Crippen LogP contribution in [0.25, 0.3) is 22.4 Å². The Kier molecular flexibility index (Phi) is 4.55. The molecule has 0 saturated heterocycles. The van der Waals surface area contributed by atoms with Crippen LogP contribution in [-0.4, -0.2) is 27.2 Å². The number of benzene rings is 1. The van der Waals surface area contributed by atoms with E-state index in [2.05, 4.69) is 42.0 Å². The van der Waals surface area contributed by atoms with Crippen LogP contribution >= 0.6 is 12.2 Å². The summed E-state index contributed by atoms with van der Waals surface area (Å²) in [5.74, 6) is 1.37. The summed E-state index contributed by atoms with van der Waals surface area (Å²) >= 11 is 4.94. The van der Waals surface area contributed by atoms with Crippen LogP contribution in [0.15, 0.2) is 40.9 Å². The number of aromatic amines is 2. The van der Waals surface area contributed by atoms with Gasteiger partial charge in [-0.05, 0) is 42.0 Å². The number of H-pyrrole nitrogens is 2. The molecule has 0 radical (unpaired) electrons. The number of methoxy groups -OCH3 is 1. The van der Waals surface area contributed by atoms with Gasteiger partial charge in [-0.1, -0.05) is 26.8 Å². The van der Waals surface area contributed by atoms with Crippen LogP contribution in [0.2, 0.25) is 0 Å². The van der Waals surface area contributed by atoms with Gasteiger partial charge in [0.2, 0.25) is 0 Å². The number of hydrogen-bond donors (Lipinski definition) is 2. The fourth-order valence-electron chi connectivity index (χ4n) is 3.41. The number of aromatic nitrogens is 4. The number of hydrogen-bond acceptors (Lipinski definition) is 5. The molecule has 0 fully saturated rings. The minimum absolute atomic E-state index is 0.0314. The van der Waals surface area contributed by atoms with Gasteiger partial charge in [-0.2, -0.15) is 10.1 Å². The molecule has 1 aromatic carbocycles. The fourth-order valence-corrected chi connectivity index (χ4v) is 3.55. The Morgan fingerprint density at radius 2 is 1.96 bits per heavy atom. The lowest BCUT2D eigenvalue weighted by atomic mass is 9.87. The first-order valence-electron chi connectivity index (χ1n) is 9.06. The molecule has 0 spiro atoms. The number of rotatable bonds is 4. The molecule has 144 valence electrons. The fraction of sp³-hybridized carbons (Fsp3) is 0.286. The highest BCUT2D eigenvalue weighted by molar-refractivity contribution is 7.71. The zero-order valence-electron chi connectivity index (χ0n) is 16.3. The summed E-state index contributed by atoms with van der Waals surface area (Å²) in [6.07, 6.45) is 0.700. The molecule has 0 unspecified atom stereocenters. The molecule has 0 saturated carbocycles. The number of nitrogens with zero attached hydrogens (tertiary/aromatic N) is 2. The Balaban J connectivity index is 1.80. The highest BCUT2D eigenvalue weighted by Gasteiger charge is 2.23. The van der Waals surface area contributed by atoms with Crippen molar-refractivity contribution in [1.29, 1.82) is 0 Å². The molecule has 4 aromatic rings. The third kappa shape index (κ3) is 3.45. The predicted octanol–water partition coefficient (Wildman–Crippen LogP) is 5.17. The van der Waals surface area contributed by atoms with E-state index in [0.717, 1.165) is 17.0 Å². The van der Waals surface area contributed by atoms with Gasteiger partial charge in [-0.15, -0.1) is 0 Å². The van der Waals surface area contributed by atoms with Crippen molar-refractivity contribution < 1.29 is 9.26 Å². The molecule has 28 heavy (non-hydrogen) atoms. The van der Waals surface area contributed by atoms with Gasteiger partial charge in [0.25, 0.3) is 0 Å². The van der Waals surface area contributed by atoms with E-state index in [0.29, 0.717) is 17.9 Å². The number of nitrogens with one attached hydrogen (secondary N) is 2. The molecule has 2 N–H and O–H groups in total. The van der Waals surface area contributed by atoms with Crippen molar-refractivity contribution in [3.63, 3.8) is 0 Å². The zero-order valence-corrected chi connectivity index (χ0v) is 17.1. The largest absolute Gasteiger partial charge is 0.497 e. The number of ether oxygens (including phenoxy) is 1. The monoisotopic (exact) mass is 394 g/mol. The van der Waals surface area contributed by atoms with Gasteiger partial charge < -0.3 is 14.2 Å². The Bertz CT molecular complexity index is 1200. The minimum atomic E-state index is -0.0314. The quantitative estimate of drug-likeness (QED) is 0.467. The molecule has 0 aliphatic heterocycles. The molecule has 4 rings (SSSR count). The van der Waals surface area contributed by atoms with Gasteiger partial charge in [0, 0.05) is 40.2 Å². The lowest BCUT2D eigenvalue weighted by molar-refractivity contribution is 0.406. The van der Waals surface area contributed by atoms with Crippen LogP contribution in [0, 0.1) is 4.84 Å². The molecule has 0 aliphatic rings. The Hall–Kier alpha value is -2.93. The van der Waals surface area contributed by atoms with Crippen LogP contribution in [0.3, 0.4) is 0 Å². The van der Waals surface area contributed by atoms with Gasteiger partial charge in [-0.25, -0.2) is 4.98 Å². The van der Waals surface area contributed by atoms with Crippen molar-refractivity contribution in [1.82, 2.24) is 20.1 Å². The highest BCUT2D eigenvalue weighted by Crippen LogP contribution is 2.34. The van der Waals surface area contributed by atoms with Crippen molar-refractivity contribution >= 4 is 23.1 Å². The summed E-state index contributed by atoms with van der Waals surface area (Å²) in [5.41, 5.74) is 5.12. The third-order valence-corrected chi connectivity index (χ3v) is 4.88. The molecular formula is C21H22N4O2S. The maximum Gasteiger partial charge on any atom is 0.314 e. The van der Waals surface area contributed by atoms with E-state index in [9.17, 15) is 0 Å². The molecule has 3 aromatic heterocycles. The molecule has 7 heteroatoms. The van der Waals surface area contributed by atoms with Crippen molar-refractivity contribution in [3.8, 4) is 17.3 Å². The average molecular weight is 395 g/mol. The second kappa shape index (κ2) is 6.91. The smallest absolute Gasteiger partial charge is 0.314 e. The summed E-state index contributed by atoms with van der Waals surface area (Å²) in [6.45, 7) is 6.62. The first-order chi connectivity index (χ1) is 13.3. The second-order valence-electron chi connectivity index (χ2n) is 7.76. The van der Waals surface area contributed by atoms with E-state index in [1.165, 1.54) is 16.6 Å². The predicted molar refractivity (Wildman–Crippen MR) is 111 cm³/mol. The van der Waals surface area contributed by atoms with Crippen molar-refractivity contribution in [2.45, 2.75) is 32.6 Å². The third-order valence-electron chi connectivity index (χ3n) is 4.71. The molecule has 0 aliphatic carbocycles. The lowest BCUT2D eigenvalue weighted by Gasteiger charge is -2.19. The summed E-state index contributed by atoms with van der Waals surface area (Å²) in [7, 11) is 1.68. The highest BCUT2D eigenvalue weighted by atomic mass is 32.1. The maximum absolute atomic E-state index is 5.38. The lowest BCUT2D eigenvalue weighted by Crippen LogP contribution is -2.14. The molecular weight excluding hydrogens is 372 g/mol. The van der Waals surface area contributed by atoms with Crippen LogP contribution in [0.1, 0.15) is 37.7 Å². The van der Waals surface area contributed by atoms with Crippen molar-refractivity contribution in [2.24, 2.45) is 0 Å². The van der Waals surface area contributed by atoms with Gasteiger partial charge in [-0.3, -0.25) is 0 Å². The summed E-state index contributed by atoms with van der Waals surface area (Å²) in [4.78, 5) is 12.7. The standard InChI is InChI=1S/C21H22N4O2S/c1-21(2,3)18-15(14-9-8-13(26-4)11-17(14)23-18)10-12-6-5-7-16(22-12)19-24-20(28)27-25-19/h5-9,11,23H,10H2,1-4H3,(H,24,25,28). The van der Waals surface area contributed by atoms with Gasteiger partial charge in [0.05, 0.1) is 7.11 Å². The second-order valence-corrected chi connectivity index (χ2v) is 8.11. The van der Waals surface area contributed by atoms with E-state index in [4.69, 9.17) is 26.5 Å². The molecule has 0 bridgehead atoms. The van der Waals surface area contributed by atoms with Crippen LogP contribution in [0.5, 0.6) is 5.75 Å². The van der Waals surface area contributed by atoms with E-state index in [-0.39, 0.29) is 10.3 Å². The first kappa shape index (κ1) is 18.4. The molecule has 6 nitrogen and oxygen atoms in total. The number of pyridine rings is 1. The Morgan fingerprint density at radius 3 is 2.64 bits per heavy atom. The SMILES string of the molecule is COc1ccc2c(Cc3cccc(-c4nc(=S)o[nH]4)n3)c(C(C)(C)C)[nH]c2c1. The Labute approximate surface area is 168 Å². The van der Waals surface area contributed by atoms with E-state index < -0.39 is 0 Å². The Morgan fingerprint density at radius 1 is 1.14 bits per heavy atom. The van der Waals surface area contributed by atoms with Gasteiger partial charge >= 0.3 is 4.84 Å². The maximum atomic E-state index is 5.38. The molecule has 0 atom stereocenters. The normalized spacial score (nSPS) is 11.9. The van der Waals surface area contributed by atoms with E-state index in [1.807, 2.05) is 30.3 Å². The van der Waals surface area contributed by atoms with Crippen LogP contribution < -0.4 is 4.74 Å². The zero-order chi connectivity index (χ0) is 19.9. The topological polar surface area (TPSA) is 79.7 Å². The summed E-state index contributed by atoms with van der Waals surface area (Å²) < 4.78 is 10.4. The van der Waals surface area contributed by atoms with Crippen LogP contribution in [-0.2, 0) is 11.8 Å². The first-order valence-corrected chi connectivity index (χ1v) is 9.47. The van der Waals surface area contributed by atoms with Crippen molar-refractivity contribution in [3.05, 3.63) is 58.2 Å². The van der Waals surface area contributed by atoms with E-state index >= 15 is 0 Å².